The summed E-state index contributed by atoms with van der Waals surface area (Å²) in [6, 6.07) is 0. The molecule has 0 radical (unpaired) electrons. The van der Waals surface area contributed by atoms with Crippen molar-refractivity contribution < 1.29 is 9.53 Å². The van der Waals surface area contributed by atoms with E-state index in [2.05, 4.69) is 20.5 Å². The van der Waals surface area contributed by atoms with Gasteiger partial charge in [-0.15, -0.1) is 0 Å². The third-order valence-electron chi connectivity index (χ3n) is 1.74. The molecule has 1 aromatic rings. The van der Waals surface area contributed by atoms with Crippen molar-refractivity contribution in [2.75, 3.05) is 13.2 Å². The van der Waals surface area contributed by atoms with Crippen LogP contribution < -0.4 is 5.32 Å². The summed E-state index contributed by atoms with van der Waals surface area (Å²) in [7, 11) is 0. The Morgan fingerprint density at radius 1 is 1.60 bits per heavy atom. The molecule has 0 aromatic carbocycles. The molecule has 0 spiro atoms. The summed E-state index contributed by atoms with van der Waals surface area (Å²) in [5, 5.41) is 9.05. The Hall–Kier alpha value is -1.43. The molecule has 15 heavy (non-hydrogen) atoms. The molecule has 1 amide bonds. The topological polar surface area (TPSA) is 79.9 Å². The lowest BCUT2D eigenvalue weighted by Crippen LogP contribution is -2.24. The normalized spacial score (nSPS) is 10.2. The third kappa shape index (κ3) is 5.11. The first-order chi connectivity index (χ1) is 7.33. The van der Waals surface area contributed by atoms with Crippen molar-refractivity contribution in [1.29, 1.82) is 0 Å². The van der Waals surface area contributed by atoms with Gasteiger partial charge in [-0.25, -0.2) is 4.98 Å². The van der Waals surface area contributed by atoms with E-state index in [4.69, 9.17) is 4.74 Å². The van der Waals surface area contributed by atoms with Gasteiger partial charge in [-0.3, -0.25) is 9.89 Å². The molecular formula is C9H16N4O2. The number of nitrogens with one attached hydrogen (secondary N) is 2. The van der Waals surface area contributed by atoms with Crippen molar-refractivity contribution in [2.45, 2.75) is 26.3 Å². The zero-order valence-corrected chi connectivity index (χ0v) is 8.82. The van der Waals surface area contributed by atoms with E-state index in [1.807, 2.05) is 6.92 Å². The molecule has 1 rings (SSSR count). The van der Waals surface area contributed by atoms with E-state index in [1.165, 1.54) is 6.33 Å². The Morgan fingerprint density at radius 3 is 3.13 bits per heavy atom. The zero-order valence-electron chi connectivity index (χ0n) is 8.82. The lowest BCUT2D eigenvalue weighted by molar-refractivity contribution is -0.122. The average molecular weight is 212 g/mol. The quantitative estimate of drug-likeness (QED) is 0.634. The van der Waals surface area contributed by atoms with Gasteiger partial charge in [0.15, 0.2) is 0 Å². The lowest BCUT2D eigenvalue weighted by Gasteiger charge is -2.03. The minimum Gasteiger partial charge on any atom is -0.381 e. The van der Waals surface area contributed by atoms with Crippen LogP contribution in [-0.4, -0.2) is 34.3 Å². The summed E-state index contributed by atoms with van der Waals surface area (Å²) < 4.78 is 5.19. The highest BCUT2D eigenvalue weighted by molar-refractivity contribution is 5.75. The number of H-pyrrole nitrogens is 1. The fourth-order valence-electron chi connectivity index (χ4n) is 0.998. The predicted molar refractivity (Wildman–Crippen MR) is 54.0 cm³/mol. The van der Waals surface area contributed by atoms with Gasteiger partial charge >= 0.3 is 0 Å². The van der Waals surface area contributed by atoms with E-state index in [0.29, 0.717) is 32.0 Å². The van der Waals surface area contributed by atoms with Crippen LogP contribution in [0.3, 0.4) is 0 Å². The lowest BCUT2D eigenvalue weighted by atomic mass is 10.4. The molecule has 0 fully saturated rings. The van der Waals surface area contributed by atoms with Crippen molar-refractivity contribution in [1.82, 2.24) is 20.5 Å². The number of carbonyl (C=O) groups excluding carboxylic acids is 1. The van der Waals surface area contributed by atoms with Crippen molar-refractivity contribution in [2.24, 2.45) is 0 Å². The summed E-state index contributed by atoms with van der Waals surface area (Å²) >= 11 is 0. The second-order valence-corrected chi connectivity index (χ2v) is 3.07. The van der Waals surface area contributed by atoms with Crippen molar-refractivity contribution in [3.05, 3.63) is 12.2 Å². The second-order valence-electron chi connectivity index (χ2n) is 3.07. The fourth-order valence-corrected chi connectivity index (χ4v) is 0.998. The largest absolute Gasteiger partial charge is 0.381 e. The van der Waals surface area contributed by atoms with Crippen LogP contribution in [0.2, 0.25) is 0 Å². The first-order valence-corrected chi connectivity index (χ1v) is 5.01. The second kappa shape index (κ2) is 6.94. The van der Waals surface area contributed by atoms with E-state index < -0.39 is 0 Å². The van der Waals surface area contributed by atoms with Gasteiger partial charge in [-0.05, 0) is 6.42 Å². The Morgan fingerprint density at radius 2 is 2.47 bits per heavy atom. The van der Waals surface area contributed by atoms with E-state index in [-0.39, 0.29) is 5.91 Å². The standard InChI is InChI=1S/C9H16N4O2/c1-2-4-15-5-3-9(14)10-6-8-11-7-12-13-8/h7H,2-6H2,1H3,(H,10,14)(H,11,12,13). The summed E-state index contributed by atoms with van der Waals surface area (Å²) in [6.45, 7) is 3.59. The van der Waals surface area contributed by atoms with Gasteiger partial charge in [0.2, 0.25) is 5.91 Å². The number of hydrogen-bond donors (Lipinski definition) is 2. The molecule has 6 heteroatoms. The van der Waals surface area contributed by atoms with Gasteiger partial charge in [0, 0.05) is 13.0 Å². The number of amides is 1. The van der Waals surface area contributed by atoms with Crippen LogP contribution in [0.15, 0.2) is 6.33 Å². The summed E-state index contributed by atoms with van der Waals surface area (Å²) in [6.07, 6.45) is 2.76. The van der Waals surface area contributed by atoms with E-state index in [0.717, 1.165) is 6.42 Å². The number of aromatic nitrogens is 3. The summed E-state index contributed by atoms with van der Waals surface area (Å²) in [5.41, 5.74) is 0. The fraction of sp³-hybridized carbons (Fsp3) is 0.667. The van der Waals surface area contributed by atoms with Crippen LogP contribution in [0.5, 0.6) is 0 Å². The van der Waals surface area contributed by atoms with Gasteiger partial charge in [0.25, 0.3) is 0 Å². The molecule has 0 aliphatic carbocycles. The number of carbonyl (C=O) groups is 1. The number of ether oxygens (including phenoxy) is 1. The molecule has 0 saturated heterocycles. The van der Waals surface area contributed by atoms with Crippen LogP contribution in [0, 0.1) is 0 Å². The average Bonchev–Trinajstić information content (AvgIpc) is 2.74. The first kappa shape index (κ1) is 11.6. The van der Waals surface area contributed by atoms with E-state index in [9.17, 15) is 4.79 Å². The highest BCUT2D eigenvalue weighted by Gasteiger charge is 2.02. The molecule has 0 atom stereocenters. The maximum atomic E-state index is 11.2. The molecule has 84 valence electrons. The minimum absolute atomic E-state index is 0.0393. The molecule has 1 aromatic heterocycles. The van der Waals surface area contributed by atoms with Crippen LogP contribution in [0.25, 0.3) is 0 Å². The maximum absolute atomic E-state index is 11.2. The van der Waals surface area contributed by atoms with Gasteiger partial charge in [-0.1, -0.05) is 6.92 Å². The molecule has 0 bridgehead atoms. The van der Waals surface area contributed by atoms with Gasteiger partial charge < -0.3 is 10.1 Å². The highest BCUT2D eigenvalue weighted by Crippen LogP contribution is 1.88. The molecule has 0 aliphatic heterocycles. The SMILES string of the molecule is CCCOCCC(=O)NCc1ncn[nH]1. The highest BCUT2D eigenvalue weighted by atomic mass is 16.5. The van der Waals surface area contributed by atoms with Gasteiger partial charge in [-0.2, -0.15) is 5.10 Å². The van der Waals surface area contributed by atoms with Gasteiger partial charge in [0.05, 0.1) is 13.2 Å². The monoisotopic (exact) mass is 212 g/mol. The smallest absolute Gasteiger partial charge is 0.222 e. The van der Waals surface area contributed by atoms with E-state index >= 15 is 0 Å². The predicted octanol–water partition coefficient (Wildman–Crippen LogP) is 0.238. The summed E-state index contributed by atoms with van der Waals surface area (Å²) in [4.78, 5) is 15.1. The zero-order chi connectivity index (χ0) is 10.9. The Kier molecular flexibility index (Phi) is 5.39. The molecule has 0 aliphatic rings. The Labute approximate surface area is 88.4 Å². The van der Waals surface area contributed by atoms with Crippen LogP contribution in [-0.2, 0) is 16.1 Å². The molecule has 2 N–H and O–H groups in total. The molecule has 6 nitrogen and oxygen atoms in total. The van der Waals surface area contributed by atoms with Crippen LogP contribution >= 0.6 is 0 Å². The molecule has 0 saturated carbocycles. The Balaban J connectivity index is 2.04. The van der Waals surface area contributed by atoms with Crippen molar-refractivity contribution >= 4 is 5.91 Å². The van der Waals surface area contributed by atoms with Crippen molar-refractivity contribution in [3.63, 3.8) is 0 Å². The summed E-state index contributed by atoms with van der Waals surface area (Å²) in [5.74, 6) is 0.611. The van der Waals surface area contributed by atoms with Crippen LogP contribution in [0.1, 0.15) is 25.6 Å². The number of nitrogens with zero attached hydrogens (tertiary/aromatic N) is 2. The minimum atomic E-state index is -0.0393. The number of aromatic amines is 1. The molecular weight excluding hydrogens is 196 g/mol. The Bertz CT molecular complexity index is 274. The third-order valence-corrected chi connectivity index (χ3v) is 1.74. The molecule has 1 heterocycles. The van der Waals surface area contributed by atoms with Crippen LogP contribution in [0.4, 0.5) is 0 Å². The number of hydrogen-bond acceptors (Lipinski definition) is 4. The van der Waals surface area contributed by atoms with Gasteiger partial charge in [0.1, 0.15) is 12.2 Å². The molecule has 0 unspecified atom stereocenters. The van der Waals surface area contributed by atoms with E-state index in [1.54, 1.807) is 0 Å². The maximum Gasteiger partial charge on any atom is 0.222 e. The first-order valence-electron chi connectivity index (χ1n) is 5.01. The number of rotatable bonds is 7. The van der Waals surface area contributed by atoms with Crippen molar-refractivity contribution in [3.8, 4) is 0 Å².